The van der Waals surface area contributed by atoms with Gasteiger partial charge in [-0.1, -0.05) is 35.9 Å². The molecular formula is C31H28ClF3O5S2. The third kappa shape index (κ3) is 6.76. The van der Waals surface area contributed by atoms with E-state index in [0.29, 0.717) is 28.0 Å². The number of methoxy groups -OCH3 is 3. The van der Waals surface area contributed by atoms with Gasteiger partial charge in [0.15, 0.2) is 11.5 Å². The predicted octanol–water partition coefficient (Wildman–Crippen LogP) is 9.03. The van der Waals surface area contributed by atoms with Crippen molar-refractivity contribution in [2.24, 2.45) is 0 Å². The summed E-state index contributed by atoms with van der Waals surface area (Å²) in [6, 6.07) is 17.1. The lowest BCUT2D eigenvalue weighted by atomic mass is 9.83. The van der Waals surface area contributed by atoms with Crippen molar-refractivity contribution in [1.29, 1.82) is 0 Å². The minimum Gasteiger partial charge on any atom is -0.493 e. The number of thioether (sulfide) groups is 2. The van der Waals surface area contributed by atoms with Crippen LogP contribution in [0.2, 0.25) is 5.02 Å². The van der Waals surface area contributed by atoms with Gasteiger partial charge in [-0.3, -0.25) is 0 Å². The van der Waals surface area contributed by atoms with Crippen molar-refractivity contribution in [1.82, 2.24) is 0 Å². The molecule has 1 saturated heterocycles. The van der Waals surface area contributed by atoms with Gasteiger partial charge in [0.1, 0.15) is 21.8 Å². The van der Waals surface area contributed by atoms with Crippen molar-refractivity contribution in [2.75, 3.05) is 32.8 Å². The van der Waals surface area contributed by atoms with Crippen LogP contribution in [0.1, 0.15) is 29.0 Å². The molecule has 2 heterocycles. The maximum atomic E-state index is 12.9. The second-order valence-electron chi connectivity index (χ2n) is 9.35. The standard InChI is InChI=1S/C31H28ClF3O5S2/c1-36-25-15-20(16-26(37-2)28(25)38-3)24-17-23(18-5-9-21(32)10-6-18)27(29(39-24)30-41-13-4-14-42-30)19-7-11-22(12-8-19)40-31(33,34)35/h5-12,15-17,23,30H,4,13-14H2,1-3H3. The quantitative estimate of drug-likeness (QED) is 0.244. The largest absolute Gasteiger partial charge is 0.573 e. The summed E-state index contributed by atoms with van der Waals surface area (Å²) in [4.78, 5) is 0. The van der Waals surface area contributed by atoms with Crippen LogP contribution in [0.15, 0.2) is 72.5 Å². The number of ether oxygens (including phenoxy) is 5. The summed E-state index contributed by atoms with van der Waals surface area (Å²) in [5.41, 5.74) is 3.26. The molecule has 1 unspecified atom stereocenters. The lowest BCUT2D eigenvalue weighted by molar-refractivity contribution is -0.274. The molecule has 0 amide bonds. The number of rotatable bonds is 8. The Morgan fingerprint density at radius 2 is 1.45 bits per heavy atom. The fourth-order valence-corrected chi connectivity index (χ4v) is 7.85. The van der Waals surface area contributed by atoms with Gasteiger partial charge in [0.2, 0.25) is 5.75 Å². The highest BCUT2D eigenvalue weighted by Crippen LogP contribution is 2.51. The smallest absolute Gasteiger partial charge is 0.493 e. The molecule has 0 aliphatic carbocycles. The Morgan fingerprint density at radius 1 is 0.833 bits per heavy atom. The SMILES string of the molecule is COc1cc(C2=CC(c3ccc(Cl)cc3)C(c3ccc(OC(F)(F)F)cc3)=C(C3SCCCS3)O2)cc(OC)c1OC. The van der Waals surface area contributed by atoms with Crippen LogP contribution in [0.3, 0.4) is 0 Å². The lowest BCUT2D eigenvalue weighted by Gasteiger charge is -2.33. The van der Waals surface area contributed by atoms with Crippen LogP contribution in [0.25, 0.3) is 11.3 Å². The number of hydrogen-bond donors (Lipinski definition) is 0. The van der Waals surface area contributed by atoms with Gasteiger partial charge >= 0.3 is 6.36 Å². The van der Waals surface area contributed by atoms with E-state index in [-0.39, 0.29) is 16.2 Å². The van der Waals surface area contributed by atoms with Gasteiger partial charge in [-0.2, -0.15) is 0 Å². The number of hydrogen-bond acceptors (Lipinski definition) is 7. The Balaban J connectivity index is 1.68. The molecule has 2 aliphatic heterocycles. The van der Waals surface area contributed by atoms with E-state index in [2.05, 4.69) is 4.74 Å². The number of allylic oxidation sites excluding steroid dienone is 2. The number of halogens is 4. The minimum atomic E-state index is -4.78. The first kappa shape index (κ1) is 30.4. The first-order chi connectivity index (χ1) is 20.2. The molecule has 11 heteroatoms. The molecule has 2 aliphatic rings. The fraction of sp³-hybridized carbons (Fsp3) is 0.290. The highest BCUT2D eigenvalue weighted by Gasteiger charge is 2.35. The summed E-state index contributed by atoms with van der Waals surface area (Å²) in [6.07, 6.45) is -1.70. The van der Waals surface area contributed by atoms with Crippen molar-refractivity contribution in [2.45, 2.75) is 23.3 Å². The Labute approximate surface area is 256 Å². The highest BCUT2D eigenvalue weighted by atomic mass is 35.5. The molecule has 0 aromatic heterocycles. The summed E-state index contributed by atoms with van der Waals surface area (Å²) in [7, 11) is 4.65. The Morgan fingerprint density at radius 3 is 2.00 bits per heavy atom. The summed E-state index contributed by atoms with van der Waals surface area (Å²) >= 11 is 9.81. The third-order valence-electron chi connectivity index (χ3n) is 6.73. The summed E-state index contributed by atoms with van der Waals surface area (Å²) < 4.78 is 66.2. The first-order valence-corrected chi connectivity index (χ1v) is 15.5. The van der Waals surface area contributed by atoms with Gasteiger partial charge in [-0.25, -0.2) is 0 Å². The lowest BCUT2D eigenvalue weighted by Crippen LogP contribution is -2.20. The number of benzene rings is 3. The van der Waals surface area contributed by atoms with Crippen molar-refractivity contribution in [3.8, 4) is 23.0 Å². The molecule has 0 spiro atoms. The van der Waals surface area contributed by atoms with Crippen LogP contribution in [-0.2, 0) is 4.74 Å². The Hall–Kier alpha value is -3.08. The summed E-state index contributed by atoms with van der Waals surface area (Å²) in [5.74, 6) is 4.09. The van der Waals surface area contributed by atoms with Crippen molar-refractivity contribution in [3.05, 3.63) is 94.2 Å². The zero-order valence-corrected chi connectivity index (χ0v) is 25.4. The van der Waals surface area contributed by atoms with E-state index in [1.165, 1.54) is 12.1 Å². The average Bonchev–Trinajstić information content (AvgIpc) is 3.00. The maximum absolute atomic E-state index is 12.9. The number of alkyl halides is 3. The molecule has 1 atom stereocenters. The molecule has 42 heavy (non-hydrogen) atoms. The van der Waals surface area contributed by atoms with Crippen molar-refractivity contribution < 1.29 is 36.9 Å². The van der Waals surface area contributed by atoms with Gasteiger partial charge in [-0.05, 0) is 71.5 Å². The third-order valence-corrected chi connectivity index (χ3v) is 9.88. The second-order valence-corrected chi connectivity index (χ2v) is 12.5. The van der Waals surface area contributed by atoms with E-state index in [4.69, 9.17) is 30.5 Å². The molecule has 3 aromatic rings. The van der Waals surface area contributed by atoms with Gasteiger partial charge < -0.3 is 23.7 Å². The van der Waals surface area contributed by atoms with E-state index in [9.17, 15) is 13.2 Å². The maximum Gasteiger partial charge on any atom is 0.573 e. The van der Waals surface area contributed by atoms with Crippen LogP contribution in [0.5, 0.6) is 23.0 Å². The van der Waals surface area contributed by atoms with E-state index in [0.717, 1.165) is 45.9 Å². The normalized spacial score (nSPS) is 17.8. The van der Waals surface area contributed by atoms with Gasteiger partial charge in [-0.15, -0.1) is 36.7 Å². The van der Waals surface area contributed by atoms with Crippen LogP contribution in [-0.4, -0.2) is 43.8 Å². The topological polar surface area (TPSA) is 46.2 Å². The Bertz CT molecular complexity index is 1440. The van der Waals surface area contributed by atoms with Gasteiger partial charge in [0, 0.05) is 22.1 Å². The average molecular weight is 637 g/mol. The Kier molecular flexibility index (Phi) is 9.44. The van der Waals surface area contributed by atoms with E-state index < -0.39 is 6.36 Å². The summed E-state index contributed by atoms with van der Waals surface area (Å²) in [5, 5.41) is 0.595. The molecule has 222 valence electrons. The van der Waals surface area contributed by atoms with E-state index in [1.807, 2.05) is 42.5 Å². The molecule has 0 bridgehead atoms. The van der Waals surface area contributed by atoms with Gasteiger partial charge in [0.25, 0.3) is 0 Å². The zero-order valence-electron chi connectivity index (χ0n) is 23.0. The van der Waals surface area contributed by atoms with Crippen LogP contribution in [0, 0.1) is 0 Å². The van der Waals surface area contributed by atoms with Crippen LogP contribution >= 0.6 is 35.1 Å². The van der Waals surface area contributed by atoms with Gasteiger partial charge in [0.05, 0.1) is 21.3 Å². The molecule has 0 radical (unpaired) electrons. The molecule has 5 nitrogen and oxygen atoms in total. The monoisotopic (exact) mass is 636 g/mol. The minimum absolute atomic E-state index is 0.0274. The fourth-order valence-electron chi connectivity index (χ4n) is 4.88. The molecule has 0 saturated carbocycles. The molecule has 1 fully saturated rings. The zero-order chi connectivity index (χ0) is 29.9. The molecule has 3 aromatic carbocycles. The molecule has 0 N–H and O–H groups in total. The predicted molar refractivity (Wildman–Crippen MR) is 163 cm³/mol. The first-order valence-electron chi connectivity index (χ1n) is 13.0. The molecular weight excluding hydrogens is 609 g/mol. The van der Waals surface area contributed by atoms with Crippen LogP contribution in [0.4, 0.5) is 13.2 Å². The van der Waals surface area contributed by atoms with Crippen molar-refractivity contribution >= 4 is 46.5 Å². The van der Waals surface area contributed by atoms with E-state index >= 15 is 0 Å². The van der Waals surface area contributed by atoms with Crippen LogP contribution < -0.4 is 18.9 Å². The van der Waals surface area contributed by atoms with E-state index in [1.54, 1.807) is 57.0 Å². The highest BCUT2D eigenvalue weighted by molar-refractivity contribution is 8.17. The van der Waals surface area contributed by atoms with Crippen molar-refractivity contribution in [3.63, 3.8) is 0 Å². The molecule has 5 rings (SSSR count). The second kappa shape index (κ2) is 13.1. The summed E-state index contributed by atoms with van der Waals surface area (Å²) in [6.45, 7) is 0.